The topological polar surface area (TPSA) is 15.6 Å². The molecule has 0 heterocycles. The average Bonchev–Trinajstić information content (AvgIpc) is 2.03. The van der Waals surface area contributed by atoms with Crippen molar-refractivity contribution in [1.82, 2.24) is 4.90 Å². The standard InChI is InChI=1S/C11H24N2/c1-6-8-9-13(7-2)10-12-11(3,4)5/h10H,6-9H2,1-5H3/b12-10+. The molecular weight excluding hydrogens is 160 g/mol. The second-order valence-electron chi connectivity index (χ2n) is 4.40. The van der Waals surface area contributed by atoms with Gasteiger partial charge in [-0.05, 0) is 34.1 Å². The maximum absolute atomic E-state index is 4.48. The Morgan fingerprint density at radius 3 is 2.23 bits per heavy atom. The summed E-state index contributed by atoms with van der Waals surface area (Å²) in [6.45, 7) is 12.9. The SMILES string of the molecule is CCCCN(/C=N/C(C)(C)C)CC. The van der Waals surface area contributed by atoms with Gasteiger partial charge in [0.1, 0.15) is 0 Å². The van der Waals surface area contributed by atoms with Crippen molar-refractivity contribution in [3.8, 4) is 0 Å². The molecule has 0 atom stereocenters. The normalized spacial score (nSPS) is 12.4. The van der Waals surface area contributed by atoms with Gasteiger partial charge in [-0.1, -0.05) is 13.3 Å². The highest BCUT2D eigenvalue weighted by Crippen LogP contribution is 2.05. The minimum absolute atomic E-state index is 0.0552. The maximum atomic E-state index is 4.48. The molecule has 0 aromatic heterocycles. The van der Waals surface area contributed by atoms with Gasteiger partial charge in [-0.2, -0.15) is 0 Å². The molecule has 0 aromatic rings. The van der Waals surface area contributed by atoms with Crippen LogP contribution in [0.15, 0.2) is 4.99 Å². The molecule has 0 rings (SSSR count). The monoisotopic (exact) mass is 184 g/mol. The van der Waals surface area contributed by atoms with E-state index in [2.05, 4.69) is 44.5 Å². The van der Waals surface area contributed by atoms with Crippen LogP contribution in [0.5, 0.6) is 0 Å². The lowest BCUT2D eigenvalue weighted by Crippen LogP contribution is -2.25. The Hall–Kier alpha value is -0.530. The van der Waals surface area contributed by atoms with Crippen molar-refractivity contribution in [1.29, 1.82) is 0 Å². The van der Waals surface area contributed by atoms with Gasteiger partial charge in [0, 0.05) is 13.1 Å². The van der Waals surface area contributed by atoms with Crippen LogP contribution >= 0.6 is 0 Å². The molecule has 0 unspecified atom stereocenters. The van der Waals surface area contributed by atoms with Gasteiger partial charge in [0.25, 0.3) is 0 Å². The molecule has 0 spiro atoms. The predicted molar refractivity (Wildman–Crippen MR) is 60.4 cm³/mol. The van der Waals surface area contributed by atoms with Gasteiger partial charge in [0.15, 0.2) is 0 Å². The van der Waals surface area contributed by atoms with Crippen molar-refractivity contribution in [2.45, 2.75) is 53.0 Å². The van der Waals surface area contributed by atoms with Crippen LogP contribution in [0, 0.1) is 0 Å². The van der Waals surface area contributed by atoms with Crippen LogP contribution in [0.25, 0.3) is 0 Å². The fourth-order valence-corrected chi connectivity index (χ4v) is 0.914. The Morgan fingerprint density at radius 1 is 1.23 bits per heavy atom. The molecule has 0 saturated heterocycles. The molecule has 0 radical (unpaired) electrons. The van der Waals surface area contributed by atoms with Gasteiger partial charge in [0.2, 0.25) is 0 Å². The first-order valence-corrected chi connectivity index (χ1v) is 5.29. The van der Waals surface area contributed by atoms with Crippen LogP contribution in [-0.2, 0) is 0 Å². The van der Waals surface area contributed by atoms with E-state index in [0.717, 1.165) is 13.1 Å². The molecule has 0 aromatic carbocycles. The van der Waals surface area contributed by atoms with Gasteiger partial charge in [-0.15, -0.1) is 0 Å². The Bertz CT molecular complexity index is 145. The molecule has 2 heteroatoms. The summed E-state index contributed by atoms with van der Waals surface area (Å²) in [6, 6.07) is 0. The molecular formula is C11H24N2. The van der Waals surface area contributed by atoms with E-state index >= 15 is 0 Å². The highest BCUT2D eigenvalue weighted by Gasteiger charge is 2.05. The smallest absolute Gasteiger partial charge is 0.0856 e. The van der Waals surface area contributed by atoms with E-state index in [1.165, 1.54) is 12.8 Å². The largest absolute Gasteiger partial charge is 0.363 e. The second-order valence-corrected chi connectivity index (χ2v) is 4.40. The van der Waals surface area contributed by atoms with Gasteiger partial charge >= 0.3 is 0 Å². The molecule has 13 heavy (non-hydrogen) atoms. The number of hydrogen-bond donors (Lipinski definition) is 0. The third-order valence-electron chi connectivity index (χ3n) is 1.81. The van der Waals surface area contributed by atoms with Crippen molar-refractivity contribution in [3.05, 3.63) is 0 Å². The number of rotatable bonds is 5. The number of nitrogens with zero attached hydrogens (tertiary/aromatic N) is 2. The zero-order valence-electron chi connectivity index (χ0n) is 9.80. The Labute approximate surface area is 83.0 Å². The molecule has 0 aliphatic carbocycles. The first-order chi connectivity index (χ1) is 5.99. The fraction of sp³-hybridized carbons (Fsp3) is 0.909. The van der Waals surface area contributed by atoms with E-state index in [4.69, 9.17) is 0 Å². The Kier molecular flexibility index (Phi) is 5.76. The molecule has 0 aliphatic rings. The minimum Gasteiger partial charge on any atom is -0.363 e. The highest BCUT2D eigenvalue weighted by molar-refractivity contribution is 5.55. The van der Waals surface area contributed by atoms with Gasteiger partial charge in [-0.3, -0.25) is 4.99 Å². The van der Waals surface area contributed by atoms with Crippen molar-refractivity contribution < 1.29 is 0 Å². The van der Waals surface area contributed by atoms with Crippen molar-refractivity contribution in [3.63, 3.8) is 0 Å². The summed E-state index contributed by atoms with van der Waals surface area (Å²) < 4.78 is 0. The summed E-state index contributed by atoms with van der Waals surface area (Å²) >= 11 is 0. The van der Waals surface area contributed by atoms with Crippen LogP contribution in [0.2, 0.25) is 0 Å². The number of hydrogen-bond acceptors (Lipinski definition) is 1. The molecule has 0 aliphatic heterocycles. The molecule has 2 nitrogen and oxygen atoms in total. The van der Waals surface area contributed by atoms with Crippen LogP contribution in [0.1, 0.15) is 47.5 Å². The third-order valence-corrected chi connectivity index (χ3v) is 1.81. The Morgan fingerprint density at radius 2 is 1.85 bits per heavy atom. The molecule has 78 valence electrons. The van der Waals surface area contributed by atoms with Gasteiger partial charge in [-0.25, -0.2) is 0 Å². The molecule has 0 bridgehead atoms. The van der Waals surface area contributed by atoms with Crippen molar-refractivity contribution >= 4 is 6.34 Å². The van der Waals surface area contributed by atoms with E-state index in [1.54, 1.807) is 0 Å². The molecule has 0 N–H and O–H groups in total. The van der Waals surface area contributed by atoms with Crippen LogP contribution < -0.4 is 0 Å². The summed E-state index contributed by atoms with van der Waals surface area (Å²) in [6.07, 6.45) is 4.50. The first-order valence-electron chi connectivity index (χ1n) is 5.29. The summed E-state index contributed by atoms with van der Waals surface area (Å²) in [4.78, 5) is 6.75. The minimum atomic E-state index is 0.0552. The average molecular weight is 184 g/mol. The summed E-state index contributed by atoms with van der Waals surface area (Å²) in [5.41, 5.74) is 0.0552. The van der Waals surface area contributed by atoms with Crippen molar-refractivity contribution in [2.24, 2.45) is 4.99 Å². The van der Waals surface area contributed by atoms with Gasteiger partial charge < -0.3 is 4.90 Å². The van der Waals surface area contributed by atoms with E-state index < -0.39 is 0 Å². The lowest BCUT2D eigenvalue weighted by Gasteiger charge is -2.19. The third kappa shape index (κ3) is 7.82. The van der Waals surface area contributed by atoms with E-state index in [1.807, 2.05) is 6.34 Å². The second kappa shape index (κ2) is 6.01. The van der Waals surface area contributed by atoms with E-state index in [-0.39, 0.29) is 5.54 Å². The van der Waals surface area contributed by atoms with E-state index in [9.17, 15) is 0 Å². The lowest BCUT2D eigenvalue weighted by atomic mass is 10.1. The highest BCUT2D eigenvalue weighted by atomic mass is 15.1. The zero-order valence-corrected chi connectivity index (χ0v) is 9.80. The van der Waals surface area contributed by atoms with Crippen LogP contribution in [0.4, 0.5) is 0 Å². The predicted octanol–water partition coefficient (Wildman–Crippen LogP) is 2.94. The zero-order chi connectivity index (χ0) is 10.3. The van der Waals surface area contributed by atoms with Crippen molar-refractivity contribution in [2.75, 3.05) is 13.1 Å². The summed E-state index contributed by atoms with van der Waals surface area (Å²) in [5, 5.41) is 0. The fourth-order valence-electron chi connectivity index (χ4n) is 0.914. The quantitative estimate of drug-likeness (QED) is 0.474. The van der Waals surface area contributed by atoms with E-state index in [0.29, 0.717) is 0 Å². The summed E-state index contributed by atoms with van der Waals surface area (Å²) in [7, 11) is 0. The number of unbranched alkanes of at least 4 members (excludes halogenated alkanes) is 1. The Balaban J connectivity index is 3.89. The molecule has 0 saturated carbocycles. The first kappa shape index (κ1) is 12.5. The lowest BCUT2D eigenvalue weighted by molar-refractivity contribution is 0.431. The maximum Gasteiger partial charge on any atom is 0.0856 e. The van der Waals surface area contributed by atoms with Crippen LogP contribution in [0.3, 0.4) is 0 Å². The number of aliphatic imine (C=N–C) groups is 1. The van der Waals surface area contributed by atoms with Crippen LogP contribution in [-0.4, -0.2) is 29.9 Å². The molecule has 0 fully saturated rings. The van der Waals surface area contributed by atoms with Gasteiger partial charge in [0.05, 0.1) is 11.9 Å². The summed E-state index contributed by atoms with van der Waals surface area (Å²) in [5.74, 6) is 0. The molecule has 0 amide bonds.